The van der Waals surface area contributed by atoms with Gasteiger partial charge in [-0.25, -0.2) is 0 Å². The number of hydrogen-bond donors (Lipinski definition) is 2. The predicted molar refractivity (Wildman–Crippen MR) is 116 cm³/mol. The molecule has 0 saturated carbocycles. The van der Waals surface area contributed by atoms with E-state index in [1.807, 2.05) is 4.90 Å². The third-order valence-corrected chi connectivity index (χ3v) is 5.66. The Bertz CT molecular complexity index is 1030. The molecule has 32 heavy (non-hydrogen) atoms. The topological polar surface area (TPSA) is 123 Å². The number of benzene rings is 2. The number of nitrogens with one attached hydrogen (secondary N) is 2. The van der Waals surface area contributed by atoms with Gasteiger partial charge in [0.1, 0.15) is 12.3 Å². The first-order chi connectivity index (χ1) is 15.4. The highest BCUT2D eigenvalue weighted by molar-refractivity contribution is 5.97. The summed E-state index contributed by atoms with van der Waals surface area (Å²) in [6.45, 7) is 3.62. The molecular weight excluding hydrogens is 416 g/mol. The first kappa shape index (κ1) is 21.4. The molecule has 1 saturated heterocycles. The van der Waals surface area contributed by atoms with Crippen molar-refractivity contribution in [2.75, 3.05) is 24.6 Å². The number of nitro groups is 1. The fraction of sp³-hybridized carbons (Fsp3) is 0.364. The lowest BCUT2D eigenvalue weighted by molar-refractivity contribution is -0.384. The number of anilines is 1. The molecule has 2 aromatic rings. The molecule has 10 heteroatoms. The van der Waals surface area contributed by atoms with E-state index in [2.05, 4.69) is 17.8 Å². The van der Waals surface area contributed by atoms with Gasteiger partial charge in [-0.2, -0.15) is 0 Å². The molecule has 1 unspecified atom stereocenters. The predicted octanol–water partition coefficient (Wildman–Crippen LogP) is 2.43. The Labute approximate surface area is 184 Å². The number of carbonyl (C=O) groups is 2. The van der Waals surface area contributed by atoms with Crippen molar-refractivity contribution in [1.29, 1.82) is 0 Å². The Morgan fingerprint density at radius 1 is 1.09 bits per heavy atom. The number of ether oxygens (including phenoxy) is 2. The van der Waals surface area contributed by atoms with E-state index in [0.29, 0.717) is 23.1 Å². The van der Waals surface area contributed by atoms with Crippen LogP contribution in [0.1, 0.15) is 30.1 Å². The average molecular weight is 440 g/mol. The first-order valence-corrected chi connectivity index (χ1v) is 10.4. The van der Waals surface area contributed by atoms with Crippen LogP contribution in [0.4, 0.5) is 11.4 Å². The summed E-state index contributed by atoms with van der Waals surface area (Å²) in [4.78, 5) is 38.0. The van der Waals surface area contributed by atoms with E-state index in [1.54, 1.807) is 30.3 Å². The molecule has 2 heterocycles. The number of hydrogen-bond acceptors (Lipinski definition) is 7. The highest BCUT2D eigenvalue weighted by Gasteiger charge is 2.28. The van der Waals surface area contributed by atoms with E-state index in [-0.39, 0.29) is 17.9 Å². The second-order valence-corrected chi connectivity index (χ2v) is 7.94. The molecule has 2 aliphatic rings. The van der Waals surface area contributed by atoms with Crippen LogP contribution in [0.2, 0.25) is 0 Å². The second-order valence-electron chi connectivity index (χ2n) is 7.94. The first-order valence-electron chi connectivity index (χ1n) is 10.4. The van der Waals surface area contributed by atoms with Gasteiger partial charge in [0.15, 0.2) is 11.5 Å². The molecule has 168 valence electrons. The molecule has 0 aromatic heterocycles. The summed E-state index contributed by atoms with van der Waals surface area (Å²) < 4.78 is 11.1. The van der Waals surface area contributed by atoms with Crippen LogP contribution in [0.15, 0.2) is 42.5 Å². The monoisotopic (exact) mass is 440 g/mol. The van der Waals surface area contributed by atoms with Crippen molar-refractivity contribution in [3.63, 3.8) is 0 Å². The molecule has 1 fully saturated rings. The third kappa shape index (κ3) is 4.58. The number of fused-ring (bicyclic) bond motifs is 1. The van der Waals surface area contributed by atoms with Crippen LogP contribution in [0, 0.1) is 16.0 Å². The zero-order chi connectivity index (χ0) is 22.7. The number of carbonyl (C=O) groups excluding carboxylic acids is 2. The van der Waals surface area contributed by atoms with Gasteiger partial charge in [-0.1, -0.05) is 19.1 Å². The number of amides is 2. The van der Waals surface area contributed by atoms with Crippen molar-refractivity contribution in [3.05, 3.63) is 58.1 Å². The standard InChI is InChI=1S/C22H24N4O6/c1-14-8-10-25(11-9-14)16-7-6-15(12-17(16)26(29)30)21(27)23-24-22(28)20-13-31-18-4-2-3-5-19(18)32-20/h2-7,12,14,20H,8-11,13H2,1H3,(H,23,27)(H,24,28). The maximum atomic E-state index is 12.5. The molecule has 2 N–H and O–H groups in total. The maximum absolute atomic E-state index is 12.5. The number of hydrazine groups is 1. The summed E-state index contributed by atoms with van der Waals surface area (Å²) in [6, 6.07) is 11.3. The van der Waals surface area contributed by atoms with Crippen molar-refractivity contribution < 1.29 is 24.0 Å². The smallest absolute Gasteiger partial charge is 0.293 e. The van der Waals surface area contributed by atoms with Crippen LogP contribution >= 0.6 is 0 Å². The van der Waals surface area contributed by atoms with E-state index < -0.39 is 22.8 Å². The minimum absolute atomic E-state index is 0.00661. The molecular formula is C22H24N4O6. The fourth-order valence-electron chi connectivity index (χ4n) is 3.75. The molecule has 0 radical (unpaired) electrons. The van der Waals surface area contributed by atoms with E-state index in [1.165, 1.54) is 12.1 Å². The van der Waals surface area contributed by atoms with Crippen LogP contribution in [0.25, 0.3) is 0 Å². The van der Waals surface area contributed by atoms with Gasteiger partial charge < -0.3 is 14.4 Å². The highest BCUT2D eigenvalue weighted by Crippen LogP contribution is 2.33. The van der Waals surface area contributed by atoms with Crippen molar-refractivity contribution in [2.24, 2.45) is 5.92 Å². The summed E-state index contributed by atoms with van der Waals surface area (Å²) in [6.07, 6.45) is 0.981. The molecule has 0 aliphatic carbocycles. The summed E-state index contributed by atoms with van der Waals surface area (Å²) in [5.74, 6) is 0.296. The Morgan fingerprint density at radius 3 is 2.53 bits per heavy atom. The number of nitrogens with zero attached hydrogens (tertiary/aromatic N) is 2. The number of piperidine rings is 1. The zero-order valence-electron chi connectivity index (χ0n) is 17.6. The minimum atomic E-state index is -0.941. The molecule has 10 nitrogen and oxygen atoms in total. The van der Waals surface area contributed by atoms with Gasteiger partial charge >= 0.3 is 0 Å². The minimum Gasteiger partial charge on any atom is -0.485 e. The maximum Gasteiger partial charge on any atom is 0.293 e. The third-order valence-electron chi connectivity index (χ3n) is 5.66. The summed E-state index contributed by atoms with van der Waals surface area (Å²) in [5.41, 5.74) is 4.99. The average Bonchev–Trinajstić information content (AvgIpc) is 2.82. The highest BCUT2D eigenvalue weighted by atomic mass is 16.6. The SMILES string of the molecule is CC1CCN(c2ccc(C(=O)NNC(=O)C3COc4ccccc4O3)cc2[N+](=O)[O-])CC1. The lowest BCUT2D eigenvalue weighted by Gasteiger charge is -2.31. The lowest BCUT2D eigenvalue weighted by Crippen LogP contribution is -2.50. The number of rotatable bonds is 4. The Kier molecular flexibility index (Phi) is 6.11. The van der Waals surface area contributed by atoms with Gasteiger partial charge in [-0.15, -0.1) is 0 Å². The summed E-state index contributed by atoms with van der Waals surface area (Å²) in [7, 11) is 0. The van der Waals surface area contributed by atoms with Gasteiger partial charge in [0, 0.05) is 24.7 Å². The van der Waals surface area contributed by atoms with Crippen molar-refractivity contribution in [3.8, 4) is 11.5 Å². The number of para-hydroxylation sites is 2. The molecule has 0 spiro atoms. The van der Waals surface area contributed by atoms with Crippen LogP contribution in [-0.4, -0.2) is 42.5 Å². The van der Waals surface area contributed by atoms with Crippen molar-refractivity contribution in [2.45, 2.75) is 25.9 Å². The van der Waals surface area contributed by atoms with Gasteiger partial charge in [0.25, 0.3) is 17.5 Å². The molecule has 2 amide bonds. The van der Waals surface area contributed by atoms with E-state index >= 15 is 0 Å². The van der Waals surface area contributed by atoms with Crippen molar-refractivity contribution >= 4 is 23.2 Å². The van der Waals surface area contributed by atoms with Gasteiger partial charge in [0.2, 0.25) is 6.10 Å². The van der Waals surface area contributed by atoms with Crippen molar-refractivity contribution in [1.82, 2.24) is 10.9 Å². The number of nitro benzene ring substituents is 1. The summed E-state index contributed by atoms with van der Waals surface area (Å²) >= 11 is 0. The van der Waals surface area contributed by atoms with E-state index in [0.717, 1.165) is 25.9 Å². The quantitative estimate of drug-likeness (QED) is 0.553. The molecule has 2 aliphatic heterocycles. The van der Waals surface area contributed by atoms with Crippen LogP contribution < -0.4 is 25.2 Å². The Balaban J connectivity index is 1.39. The Morgan fingerprint density at radius 2 is 1.81 bits per heavy atom. The van der Waals surface area contributed by atoms with E-state index in [4.69, 9.17) is 9.47 Å². The largest absolute Gasteiger partial charge is 0.485 e. The molecule has 1 atom stereocenters. The van der Waals surface area contributed by atoms with Gasteiger partial charge in [-0.3, -0.25) is 30.6 Å². The van der Waals surface area contributed by atoms with Crippen LogP contribution in [-0.2, 0) is 4.79 Å². The molecule has 4 rings (SSSR count). The zero-order valence-corrected chi connectivity index (χ0v) is 17.6. The van der Waals surface area contributed by atoms with Gasteiger partial charge in [0.05, 0.1) is 4.92 Å². The summed E-state index contributed by atoms with van der Waals surface area (Å²) in [5, 5.41) is 11.6. The van der Waals surface area contributed by atoms with Crippen LogP contribution in [0.3, 0.4) is 0 Å². The lowest BCUT2D eigenvalue weighted by atomic mass is 9.98. The van der Waals surface area contributed by atoms with Gasteiger partial charge in [-0.05, 0) is 43.0 Å². The van der Waals surface area contributed by atoms with E-state index in [9.17, 15) is 19.7 Å². The Hall–Kier alpha value is -3.82. The second kappa shape index (κ2) is 9.13. The molecule has 2 aromatic carbocycles. The van der Waals surface area contributed by atoms with Crippen LogP contribution in [0.5, 0.6) is 11.5 Å². The molecule has 0 bridgehead atoms. The fourth-order valence-corrected chi connectivity index (χ4v) is 3.75. The normalized spacial score (nSPS) is 18.0.